The molecule has 0 amide bonds. The van der Waals surface area contributed by atoms with Crippen LogP contribution >= 0.6 is 0 Å². The van der Waals surface area contributed by atoms with Gasteiger partial charge in [0.15, 0.2) is 0 Å². The number of hydrogen-bond acceptors (Lipinski definition) is 1. The second-order valence-corrected chi connectivity index (χ2v) is 1.31. The third-order valence-corrected chi connectivity index (χ3v) is 0.676. The van der Waals surface area contributed by atoms with E-state index < -0.39 is 0 Å². The summed E-state index contributed by atoms with van der Waals surface area (Å²) in [5.41, 5.74) is 0. The van der Waals surface area contributed by atoms with E-state index in [0.717, 1.165) is 25.5 Å². The van der Waals surface area contributed by atoms with Crippen LogP contribution in [0, 0.1) is 0 Å². The Morgan fingerprint density at radius 3 is 2.43 bits per heavy atom. The molecule has 0 fully saturated rings. The van der Waals surface area contributed by atoms with E-state index in [1.807, 2.05) is 0 Å². The second kappa shape index (κ2) is 10.5. The molecule has 0 radical (unpaired) electrons. The summed E-state index contributed by atoms with van der Waals surface area (Å²) in [6.45, 7) is 2.07. The van der Waals surface area contributed by atoms with Gasteiger partial charge < -0.3 is 6.22 Å². The summed E-state index contributed by atoms with van der Waals surface area (Å²) in [5.74, 6) is 0. The van der Waals surface area contributed by atoms with Crippen LogP contribution in [0.4, 0.5) is 0 Å². The molecule has 38 valence electrons. The quantitative estimate of drug-likeness (QED) is 0.374. The maximum atomic E-state index is 9.56. The summed E-state index contributed by atoms with van der Waals surface area (Å²) >= 11 is 0. The number of rotatable bonds is 3. The average molecular weight is 173 g/mol. The summed E-state index contributed by atoms with van der Waals surface area (Å²) in [6.07, 6.45) is 3.86. The van der Waals surface area contributed by atoms with Crippen molar-refractivity contribution in [2.24, 2.45) is 0 Å². The summed E-state index contributed by atoms with van der Waals surface area (Å²) in [4.78, 5) is 9.56. The van der Waals surface area contributed by atoms with Crippen LogP contribution in [0.5, 0.6) is 0 Å². The Kier molecular flexibility index (Phi) is 16.9. The Morgan fingerprint density at radius 2 is 2.29 bits per heavy atom. The van der Waals surface area contributed by atoms with Crippen LogP contribution in [0.15, 0.2) is 0 Å². The van der Waals surface area contributed by atoms with Gasteiger partial charge in [0.25, 0.3) is 0 Å². The van der Waals surface area contributed by atoms with Gasteiger partial charge in [-0.15, -0.1) is 0 Å². The van der Waals surface area contributed by atoms with Crippen LogP contribution in [0.25, 0.3) is 0 Å². The predicted octanol–water partition coefficient (Wildman–Crippen LogP) is -1.51. The fraction of sp³-hybridized carbons (Fsp3) is 0.800. The van der Waals surface area contributed by atoms with Crippen LogP contribution in [0.2, 0.25) is 0 Å². The van der Waals surface area contributed by atoms with Crippen LogP contribution in [0.3, 0.4) is 0 Å². The third kappa shape index (κ3) is 11.2. The minimum absolute atomic E-state index is 0. The van der Waals surface area contributed by atoms with Crippen molar-refractivity contribution < 1.29 is 64.4 Å². The standard InChI is InChI=1S/C5H10O.Rb.H/c1-2-3-4-5-6;;/h5H,2-4H2,1H3;;/q;+1;-1. The van der Waals surface area contributed by atoms with Crippen molar-refractivity contribution in [3.63, 3.8) is 0 Å². The summed E-state index contributed by atoms with van der Waals surface area (Å²) in [7, 11) is 0. The molecular formula is C5H11ORb. The van der Waals surface area contributed by atoms with Crippen LogP contribution in [-0.2, 0) is 4.79 Å². The molecule has 0 saturated heterocycles. The number of carbonyl (C=O) groups is 1. The molecule has 0 spiro atoms. The van der Waals surface area contributed by atoms with Gasteiger partial charge in [0, 0.05) is 6.42 Å². The Morgan fingerprint density at radius 1 is 1.71 bits per heavy atom. The number of unbranched alkanes of at least 4 members (excludes halogenated alkanes) is 2. The van der Waals surface area contributed by atoms with E-state index in [-0.39, 0.29) is 59.6 Å². The molecule has 0 atom stereocenters. The Bertz CT molecular complexity index is 41.4. The fourth-order valence-corrected chi connectivity index (χ4v) is 0.287. The average Bonchev–Trinajstić information content (AvgIpc) is 1.61. The first-order chi connectivity index (χ1) is 2.91. The van der Waals surface area contributed by atoms with Crippen molar-refractivity contribution >= 4 is 6.29 Å². The van der Waals surface area contributed by atoms with Gasteiger partial charge in [-0.25, -0.2) is 0 Å². The monoisotopic (exact) mass is 172 g/mol. The van der Waals surface area contributed by atoms with Crippen molar-refractivity contribution in [1.29, 1.82) is 0 Å². The van der Waals surface area contributed by atoms with E-state index in [1.165, 1.54) is 0 Å². The molecule has 0 aromatic heterocycles. The summed E-state index contributed by atoms with van der Waals surface area (Å²) in [5, 5.41) is 0. The second-order valence-electron chi connectivity index (χ2n) is 1.31. The number of aldehydes is 1. The van der Waals surface area contributed by atoms with Crippen LogP contribution in [-0.4, -0.2) is 6.29 Å². The predicted molar refractivity (Wildman–Crippen MR) is 26.7 cm³/mol. The molecule has 0 aromatic rings. The molecule has 1 nitrogen and oxygen atoms in total. The van der Waals surface area contributed by atoms with Gasteiger partial charge in [0.1, 0.15) is 6.29 Å². The van der Waals surface area contributed by atoms with E-state index in [2.05, 4.69) is 6.92 Å². The SMILES string of the molecule is CCCCC=O.[H-].[Rb+]. The zero-order valence-electron chi connectivity index (χ0n) is 6.11. The van der Waals surface area contributed by atoms with Gasteiger partial charge >= 0.3 is 58.2 Å². The fourth-order valence-electron chi connectivity index (χ4n) is 0.287. The zero-order valence-corrected chi connectivity index (χ0v) is 10.0. The van der Waals surface area contributed by atoms with Crippen molar-refractivity contribution in [3.05, 3.63) is 0 Å². The topological polar surface area (TPSA) is 17.1 Å². The molecule has 0 aliphatic heterocycles. The molecular weight excluding hydrogens is 162 g/mol. The molecule has 7 heavy (non-hydrogen) atoms. The maximum Gasteiger partial charge on any atom is 1.00 e. The van der Waals surface area contributed by atoms with Gasteiger partial charge in [-0.1, -0.05) is 13.3 Å². The van der Waals surface area contributed by atoms with Crippen molar-refractivity contribution in [2.45, 2.75) is 26.2 Å². The summed E-state index contributed by atoms with van der Waals surface area (Å²) < 4.78 is 0. The minimum atomic E-state index is 0. The van der Waals surface area contributed by atoms with Gasteiger partial charge in [-0.2, -0.15) is 0 Å². The smallest absolute Gasteiger partial charge is 1.00 e. The number of carbonyl (C=O) groups excluding carboxylic acids is 1. The van der Waals surface area contributed by atoms with Crippen LogP contribution in [0.1, 0.15) is 27.6 Å². The number of hydrogen-bond donors (Lipinski definition) is 0. The van der Waals surface area contributed by atoms with E-state index in [1.54, 1.807) is 0 Å². The zero-order chi connectivity index (χ0) is 4.83. The van der Waals surface area contributed by atoms with Gasteiger partial charge in [0.2, 0.25) is 0 Å². The van der Waals surface area contributed by atoms with Crippen molar-refractivity contribution in [2.75, 3.05) is 0 Å². The maximum absolute atomic E-state index is 9.56. The van der Waals surface area contributed by atoms with Gasteiger partial charge in [-0.3, -0.25) is 0 Å². The Hall–Kier alpha value is 1.48. The molecule has 0 aliphatic carbocycles. The molecule has 0 aromatic carbocycles. The van der Waals surface area contributed by atoms with Crippen molar-refractivity contribution in [1.82, 2.24) is 0 Å². The first-order valence-electron chi connectivity index (χ1n) is 2.35. The van der Waals surface area contributed by atoms with Crippen molar-refractivity contribution in [3.8, 4) is 0 Å². The third-order valence-electron chi connectivity index (χ3n) is 0.676. The summed E-state index contributed by atoms with van der Waals surface area (Å²) in [6, 6.07) is 0. The normalized spacial score (nSPS) is 7.00. The Balaban J connectivity index is -0.000000125. The van der Waals surface area contributed by atoms with E-state index >= 15 is 0 Å². The minimum Gasteiger partial charge on any atom is -1.00 e. The Labute approximate surface area is 95.1 Å². The molecule has 0 N–H and O–H groups in total. The molecule has 0 rings (SSSR count). The van der Waals surface area contributed by atoms with Gasteiger partial charge in [0.05, 0.1) is 0 Å². The molecule has 0 heterocycles. The van der Waals surface area contributed by atoms with E-state index in [4.69, 9.17) is 0 Å². The molecule has 0 saturated carbocycles. The first kappa shape index (κ1) is 11.3. The molecule has 0 bridgehead atoms. The van der Waals surface area contributed by atoms with Gasteiger partial charge in [-0.05, 0) is 6.42 Å². The largest absolute Gasteiger partial charge is 1.00 e. The molecule has 0 aliphatic rings. The van der Waals surface area contributed by atoms with E-state index in [9.17, 15) is 4.79 Å². The molecule has 0 unspecified atom stereocenters. The first-order valence-corrected chi connectivity index (χ1v) is 2.35. The van der Waals surface area contributed by atoms with E-state index in [0.29, 0.717) is 0 Å². The van der Waals surface area contributed by atoms with Crippen LogP contribution < -0.4 is 58.2 Å². The molecule has 2 heteroatoms.